The summed E-state index contributed by atoms with van der Waals surface area (Å²) in [5.41, 5.74) is 1.95. The minimum atomic E-state index is -3.88. The van der Waals surface area contributed by atoms with Crippen molar-refractivity contribution in [3.05, 3.63) is 71.8 Å². The zero-order valence-electron chi connectivity index (χ0n) is 21.5. The molecular weight excluding hydrogens is 490 g/mol. The Balaban J connectivity index is 1.55. The molecule has 8 nitrogen and oxygen atoms in total. The SMILES string of the molecule is Cc1ccccc1C(=O)Nc1ccc(S(=O)(=O)N[C@H]2CCN(C(=O)OC(C)C)C[C@H]2C)c2ccccc12. The Morgan fingerprint density at radius 2 is 1.68 bits per heavy atom. The molecule has 196 valence electrons. The number of carbonyl (C=O) groups excluding carboxylic acids is 2. The highest BCUT2D eigenvalue weighted by molar-refractivity contribution is 7.89. The van der Waals surface area contributed by atoms with Gasteiger partial charge in [0.05, 0.1) is 11.0 Å². The Morgan fingerprint density at radius 3 is 2.35 bits per heavy atom. The third-order valence-corrected chi connectivity index (χ3v) is 8.17. The number of likely N-dealkylation sites (tertiary alicyclic amines) is 1. The quantitative estimate of drug-likeness (QED) is 0.477. The van der Waals surface area contributed by atoms with Gasteiger partial charge in [-0.05, 0) is 56.9 Å². The van der Waals surface area contributed by atoms with Crippen molar-refractivity contribution >= 4 is 38.5 Å². The fourth-order valence-electron chi connectivity index (χ4n) is 4.66. The number of aryl methyl sites for hydroxylation is 1. The van der Waals surface area contributed by atoms with Crippen LogP contribution in [0.1, 0.15) is 43.1 Å². The van der Waals surface area contributed by atoms with Gasteiger partial charge in [-0.3, -0.25) is 4.79 Å². The number of sulfonamides is 1. The summed E-state index contributed by atoms with van der Waals surface area (Å²) >= 11 is 0. The molecule has 1 aliphatic heterocycles. The number of fused-ring (bicyclic) bond motifs is 1. The highest BCUT2D eigenvalue weighted by atomic mass is 32.2. The van der Waals surface area contributed by atoms with Crippen molar-refractivity contribution in [2.75, 3.05) is 18.4 Å². The molecule has 0 aromatic heterocycles. The van der Waals surface area contributed by atoms with E-state index in [1.165, 1.54) is 6.07 Å². The van der Waals surface area contributed by atoms with Gasteiger partial charge < -0.3 is 15.0 Å². The molecular formula is C28H33N3O5S. The normalized spacial score (nSPS) is 18.1. The van der Waals surface area contributed by atoms with E-state index in [9.17, 15) is 18.0 Å². The molecule has 0 unspecified atom stereocenters. The number of nitrogens with zero attached hydrogens (tertiary/aromatic N) is 1. The summed E-state index contributed by atoms with van der Waals surface area (Å²) in [4.78, 5) is 26.9. The first-order chi connectivity index (χ1) is 17.6. The average molecular weight is 524 g/mol. The molecule has 0 saturated carbocycles. The predicted molar refractivity (Wildman–Crippen MR) is 144 cm³/mol. The fourth-order valence-corrected chi connectivity index (χ4v) is 6.25. The van der Waals surface area contributed by atoms with E-state index in [1.807, 2.05) is 32.0 Å². The standard InChI is InChI=1S/C28H33N3O5S/c1-18(2)36-28(33)31-16-15-24(20(4)17-31)30-37(34,35)26-14-13-25(22-11-7-8-12-23(22)26)29-27(32)21-10-6-5-9-19(21)3/h5-14,18,20,24,30H,15-17H2,1-4H3,(H,29,32)/t20-,24+/m1/s1. The molecule has 1 aliphatic rings. The summed E-state index contributed by atoms with van der Waals surface area (Å²) in [6.07, 6.45) is -0.106. The van der Waals surface area contributed by atoms with Crippen LogP contribution in [0.3, 0.4) is 0 Å². The van der Waals surface area contributed by atoms with Crippen LogP contribution in [0.4, 0.5) is 10.5 Å². The maximum atomic E-state index is 13.5. The molecule has 0 bridgehead atoms. The number of benzene rings is 3. The van der Waals surface area contributed by atoms with Crippen molar-refractivity contribution in [2.24, 2.45) is 5.92 Å². The second-order valence-electron chi connectivity index (χ2n) is 9.80. The monoisotopic (exact) mass is 523 g/mol. The van der Waals surface area contributed by atoms with E-state index >= 15 is 0 Å². The minimum absolute atomic E-state index is 0.0952. The molecule has 0 spiro atoms. The highest BCUT2D eigenvalue weighted by Gasteiger charge is 2.33. The molecule has 9 heteroatoms. The van der Waals surface area contributed by atoms with Gasteiger partial charge in [0, 0.05) is 41.2 Å². The summed E-state index contributed by atoms with van der Waals surface area (Å²) < 4.78 is 35.2. The lowest BCUT2D eigenvalue weighted by atomic mass is 9.95. The first-order valence-electron chi connectivity index (χ1n) is 12.4. The number of hydrogen-bond acceptors (Lipinski definition) is 5. The molecule has 3 aromatic rings. The van der Waals surface area contributed by atoms with E-state index < -0.39 is 10.0 Å². The van der Waals surface area contributed by atoms with Crippen LogP contribution in [0.25, 0.3) is 10.8 Å². The topological polar surface area (TPSA) is 105 Å². The third kappa shape index (κ3) is 5.94. The molecule has 37 heavy (non-hydrogen) atoms. The molecule has 3 aromatic carbocycles. The molecule has 1 saturated heterocycles. The summed E-state index contributed by atoms with van der Waals surface area (Å²) in [6, 6.07) is 17.2. The van der Waals surface area contributed by atoms with Gasteiger partial charge in [0.2, 0.25) is 10.0 Å². The van der Waals surface area contributed by atoms with Gasteiger partial charge in [-0.25, -0.2) is 17.9 Å². The number of nitrogens with one attached hydrogen (secondary N) is 2. The Labute approximate surface area is 218 Å². The number of carbonyl (C=O) groups is 2. The Hall–Kier alpha value is -3.43. The largest absolute Gasteiger partial charge is 0.447 e. The van der Waals surface area contributed by atoms with Gasteiger partial charge in [0.15, 0.2) is 0 Å². The van der Waals surface area contributed by atoms with Crippen LogP contribution >= 0.6 is 0 Å². The van der Waals surface area contributed by atoms with Crippen LogP contribution < -0.4 is 10.0 Å². The second kappa shape index (κ2) is 10.9. The van der Waals surface area contributed by atoms with Crippen LogP contribution in [0, 0.1) is 12.8 Å². The average Bonchev–Trinajstić information content (AvgIpc) is 2.85. The summed E-state index contributed by atoms with van der Waals surface area (Å²) in [7, 11) is -3.88. The van der Waals surface area contributed by atoms with Crippen LogP contribution in [-0.2, 0) is 14.8 Å². The molecule has 0 radical (unpaired) electrons. The van der Waals surface area contributed by atoms with Crippen LogP contribution in [-0.4, -0.2) is 50.6 Å². The van der Waals surface area contributed by atoms with Crippen LogP contribution in [0.15, 0.2) is 65.6 Å². The van der Waals surface area contributed by atoms with Gasteiger partial charge in [0.1, 0.15) is 0 Å². The Bertz CT molecular complexity index is 1420. The minimum Gasteiger partial charge on any atom is -0.447 e. The number of anilines is 1. The van der Waals surface area contributed by atoms with Gasteiger partial charge in [-0.15, -0.1) is 0 Å². The highest BCUT2D eigenvalue weighted by Crippen LogP contribution is 2.31. The van der Waals surface area contributed by atoms with E-state index in [1.54, 1.807) is 55.1 Å². The second-order valence-corrected chi connectivity index (χ2v) is 11.5. The molecule has 2 N–H and O–H groups in total. The van der Waals surface area contributed by atoms with Gasteiger partial charge in [0.25, 0.3) is 5.91 Å². The molecule has 1 fully saturated rings. The summed E-state index contributed by atoms with van der Waals surface area (Å²) in [6.45, 7) is 8.20. The lowest BCUT2D eigenvalue weighted by Crippen LogP contribution is -2.51. The molecule has 4 rings (SSSR count). The number of amides is 2. The number of hydrogen-bond donors (Lipinski definition) is 2. The van der Waals surface area contributed by atoms with Crippen molar-refractivity contribution in [1.82, 2.24) is 9.62 Å². The third-order valence-electron chi connectivity index (χ3n) is 6.62. The molecule has 0 aliphatic carbocycles. The summed E-state index contributed by atoms with van der Waals surface area (Å²) in [5, 5.41) is 4.08. The zero-order chi connectivity index (χ0) is 26.7. The van der Waals surface area contributed by atoms with Crippen molar-refractivity contribution in [1.29, 1.82) is 0 Å². The molecule has 2 atom stereocenters. The van der Waals surface area contributed by atoms with E-state index in [0.29, 0.717) is 41.5 Å². The van der Waals surface area contributed by atoms with Gasteiger partial charge >= 0.3 is 6.09 Å². The van der Waals surface area contributed by atoms with E-state index in [2.05, 4.69) is 10.0 Å². The maximum absolute atomic E-state index is 13.5. The van der Waals surface area contributed by atoms with E-state index in [0.717, 1.165) is 5.56 Å². The van der Waals surface area contributed by atoms with Crippen molar-refractivity contribution in [2.45, 2.75) is 51.2 Å². The Kier molecular flexibility index (Phi) is 7.85. The predicted octanol–water partition coefficient (Wildman–Crippen LogP) is 4.93. The smallest absolute Gasteiger partial charge is 0.410 e. The first kappa shape index (κ1) is 26.6. The van der Waals surface area contributed by atoms with Gasteiger partial charge in [-0.1, -0.05) is 49.4 Å². The Morgan fingerprint density at radius 1 is 1.00 bits per heavy atom. The number of piperidine rings is 1. The summed E-state index contributed by atoms with van der Waals surface area (Å²) in [5.74, 6) is -0.351. The van der Waals surface area contributed by atoms with E-state index in [-0.39, 0.29) is 35.0 Å². The van der Waals surface area contributed by atoms with Crippen LogP contribution in [0.5, 0.6) is 0 Å². The number of rotatable bonds is 6. The lowest BCUT2D eigenvalue weighted by Gasteiger charge is -2.36. The van der Waals surface area contributed by atoms with Gasteiger partial charge in [-0.2, -0.15) is 0 Å². The number of ether oxygens (including phenoxy) is 1. The first-order valence-corrected chi connectivity index (χ1v) is 13.9. The fraction of sp³-hybridized carbons (Fsp3) is 0.357. The van der Waals surface area contributed by atoms with Crippen molar-refractivity contribution in [3.63, 3.8) is 0 Å². The van der Waals surface area contributed by atoms with Crippen LogP contribution in [0.2, 0.25) is 0 Å². The lowest BCUT2D eigenvalue weighted by molar-refractivity contribution is 0.0600. The van der Waals surface area contributed by atoms with E-state index in [4.69, 9.17) is 4.74 Å². The molecule has 2 amide bonds. The molecule has 1 heterocycles. The maximum Gasteiger partial charge on any atom is 0.410 e. The zero-order valence-corrected chi connectivity index (χ0v) is 22.3. The van der Waals surface area contributed by atoms with Crippen molar-refractivity contribution < 1.29 is 22.7 Å². The van der Waals surface area contributed by atoms with Crippen molar-refractivity contribution in [3.8, 4) is 0 Å².